The maximum atomic E-state index is 10.1. The molecule has 18 aromatic rings. The zero-order valence-electron chi connectivity index (χ0n) is 75.6. The average Bonchev–Trinajstić information content (AvgIpc) is 1.48. The summed E-state index contributed by atoms with van der Waals surface area (Å²) in [6.07, 6.45) is 0.877. The molecule has 22 rings (SSSR count). The molecule has 0 atom stereocenters. The predicted octanol–water partition coefficient (Wildman–Crippen LogP) is 27.9. The summed E-state index contributed by atoms with van der Waals surface area (Å²) in [5, 5.41) is 22.1. The Bertz CT molecular complexity index is 7130. The van der Waals surface area contributed by atoms with Crippen LogP contribution in [0.4, 0.5) is 17.1 Å². The molecule has 0 bridgehead atoms. The van der Waals surface area contributed by atoms with Crippen molar-refractivity contribution in [1.82, 2.24) is 0 Å². The molecule has 0 amide bonds. The van der Waals surface area contributed by atoms with E-state index in [0.717, 1.165) is 68.0 Å². The van der Waals surface area contributed by atoms with Crippen LogP contribution in [-0.4, -0.2) is 16.7 Å². The number of benzene rings is 16. The molecule has 16 aromatic carbocycles. The third kappa shape index (κ3) is 16.1. The van der Waals surface area contributed by atoms with Crippen LogP contribution in [0, 0.1) is 0 Å². The second-order valence-corrected chi connectivity index (χ2v) is 39.0. The number of halogens is 1. The molecule has 0 unspecified atom stereocenters. The van der Waals surface area contributed by atoms with Crippen molar-refractivity contribution in [1.29, 1.82) is 0 Å². The number of anilines is 3. The van der Waals surface area contributed by atoms with Gasteiger partial charge < -0.3 is 23.9 Å². The zero-order chi connectivity index (χ0) is 88.0. The third-order valence-corrected chi connectivity index (χ3v) is 26.5. The van der Waals surface area contributed by atoms with Gasteiger partial charge in [-0.25, -0.2) is 0 Å². The number of furan rings is 2. The van der Waals surface area contributed by atoms with Gasteiger partial charge in [-0.3, -0.25) is 4.79 Å². The van der Waals surface area contributed by atoms with E-state index in [9.17, 15) is 5.11 Å². The van der Waals surface area contributed by atoms with Crippen LogP contribution in [0.25, 0.3) is 88.4 Å². The molecule has 0 radical (unpaired) electrons. The van der Waals surface area contributed by atoms with E-state index in [2.05, 4.69) is 436 Å². The molecule has 6 nitrogen and oxygen atoms in total. The first kappa shape index (κ1) is 89.9. The number of para-hydroxylation sites is 2. The van der Waals surface area contributed by atoms with Crippen LogP contribution in [0.15, 0.2) is 377 Å². The monoisotopic (exact) mass is 1840 g/mol. The molecule has 634 valence electrons. The van der Waals surface area contributed by atoms with E-state index in [1.165, 1.54) is 144 Å². The number of carbonyl (C=O) groups is 1. The molecule has 2 aromatic heterocycles. The van der Waals surface area contributed by atoms with Crippen molar-refractivity contribution < 1.29 is 73.8 Å². The summed E-state index contributed by atoms with van der Waals surface area (Å²) < 4.78 is 13.8. The summed E-state index contributed by atoms with van der Waals surface area (Å²) >= 11 is 3.78. The van der Waals surface area contributed by atoms with Crippen LogP contribution in [0.3, 0.4) is 0 Å². The number of aliphatic carboxylic acids is 1. The van der Waals surface area contributed by atoms with Gasteiger partial charge in [0.15, 0.2) is 0 Å². The normalized spacial score (nSPS) is 13.8. The van der Waals surface area contributed by atoms with Crippen molar-refractivity contribution in [2.75, 3.05) is 4.90 Å². The van der Waals surface area contributed by atoms with Gasteiger partial charge in [-0.1, -0.05) is 397 Å². The Morgan fingerprint density at radius 3 is 1.14 bits per heavy atom. The van der Waals surface area contributed by atoms with Crippen LogP contribution in [0.2, 0.25) is 0 Å². The number of nitrogens with zero attached hydrogens (tertiary/aromatic N) is 1. The maximum absolute atomic E-state index is 10.1. The summed E-state index contributed by atoms with van der Waals surface area (Å²) in [5.74, 6) is -0.833. The largest absolute Gasteiger partial charge is 1.00 e. The van der Waals surface area contributed by atoms with E-state index in [4.69, 9.17) is 18.7 Å². The van der Waals surface area contributed by atoms with Gasteiger partial charge >= 0.3 is 29.6 Å². The summed E-state index contributed by atoms with van der Waals surface area (Å²) in [5.41, 5.74) is 37.2. The van der Waals surface area contributed by atoms with E-state index in [0.29, 0.717) is 0 Å². The molecule has 4 aliphatic rings. The third-order valence-electron chi connectivity index (χ3n) is 26.0. The molecular weight excluding hydrogens is 1730 g/mol. The van der Waals surface area contributed by atoms with Crippen molar-refractivity contribution in [3.05, 3.63) is 457 Å². The minimum absolute atomic E-state index is 0. The van der Waals surface area contributed by atoms with Gasteiger partial charge in [0.05, 0.1) is 16.5 Å². The van der Waals surface area contributed by atoms with Gasteiger partial charge in [0.25, 0.3) is 5.97 Å². The number of hydrogen-bond donors (Lipinski definition) is 1. The van der Waals surface area contributed by atoms with Crippen LogP contribution in [0.5, 0.6) is 0 Å². The van der Waals surface area contributed by atoms with Gasteiger partial charge in [0.2, 0.25) is 0 Å². The number of hydrogen-bond acceptors (Lipinski definition) is 5. The Hall–Kier alpha value is -11.5. The van der Waals surface area contributed by atoms with Crippen molar-refractivity contribution in [2.45, 2.75) is 141 Å². The summed E-state index contributed by atoms with van der Waals surface area (Å²) in [7, 11) is 0. The van der Waals surface area contributed by atoms with Crippen LogP contribution >= 0.6 is 15.9 Å². The van der Waals surface area contributed by atoms with Crippen LogP contribution < -0.4 is 39.6 Å². The topological polar surface area (TPSA) is 89.9 Å². The fourth-order valence-corrected chi connectivity index (χ4v) is 20.7. The Kier molecular flexibility index (Phi) is 24.7. The number of rotatable bonds is 7. The molecule has 128 heavy (non-hydrogen) atoms. The molecule has 1 N–H and O–H groups in total. The first-order chi connectivity index (χ1) is 60.4. The van der Waals surface area contributed by atoms with Crippen molar-refractivity contribution in [2.24, 2.45) is 0 Å². The molecule has 2 spiro atoms. The molecule has 2 heterocycles. The fraction of sp³-hybridized carbons (Fsp3) is 0.185. The molecule has 0 aliphatic heterocycles. The van der Waals surface area contributed by atoms with Gasteiger partial charge in [-0.2, -0.15) is 0 Å². The smallest absolute Gasteiger partial charge is 0.850 e. The Labute approximate surface area is 797 Å². The van der Waals surface area contributed by atoms with Crippen molar-refractivity contribution in [3.8, 4) is 44.5 Å². The molecule has 0 saturated carbocycles. The summed E-state index contributed by atoms with van der Waals surface area (Å²) in [6, 6.07) is 134. The van der Waals surface area contributed by atoms with E-state index < -0.39 is 17.0 Å². The van der Waals surface area contributed by atoms with Gasteiger partial charge in [0.1, 0.15) is 22.3 Å². The standard InChI is InChI=1S/C56H45NO.C29H26O.C28H21Br.C4H9O.C2H4O2.Na.Pd/c1-54(2,3)37-27-32-51(44(33-37)36-17-7-6-8-18-36)57(39-28-30-43-42-21-11-16-26-52(42)58-53(43)35-39)38-29-31-48-50(34-38)56(49-25-15-14-24-47(49)55(48,4)5)45-22-12-9-19-40(45)41-20-10-13-23-46(41)56;1-29(2,3)23-15-14-22(26(19-23)21-9-5-4-6-10-21)17-20-13-16-25-24-11-7-8-12-27(24)30-28(25)18-20;1-27(2)23-13-7-8-14-25(23)28(26-17-18(29)15-16-24(26)27)21-11-5-3-9-19(21)20-10-4-6-12-22(20)28;1-4(2,3)5;1-2(3)4;;/h6-35H,1-5H3;4-16,18-19H,17H2,1-3H3;3-17H,1-2H3;1-3H3;1H3,(H,3,4);;/q;;;-1;;+1;. The Balaban J connectivity index is 0.000000145. The Morgan fingerprint density at radius 2 is 0.680 bits per heavy atom. The first-order valence-electron chi connectivity index (χ1n) is 43.9. The zero-order valence-corrected chi connectivity index (χ0v) is 80.7. The predicted molar refractivity (Wildman–Crippen MR) is 526 cm³/mol. The molecular formula is C119H105BrNNaO5Pd. The minimum atomic E-state index is -0.833. The average molecular weight is 1840 g/mol. The molecule has 4 aliphatic carbocycles. The fourth-order valence-electron chi connectivity index (χ4n) is 20.3. The summed E-state index contributed by atoms with van der Waals surface area (Å²) in [6.45, 7) is 29.2. The van der Waals surface area contributed by atoms with Crippen molar-refractivity contribution >= 4 is 82.8 Å². The van der Waals surface area contributed by atoms with Crippen molar-refractivity contribution in [3.63, 3.8) is 0 Å². The second kappa shape index (κ2) is 35.2. The van der Waals surface area contributed by atoms with E-state index in [1.807, 2.05) is 18.2 Å². The second-order valence-electron chi connectivity index (χ2n) is 38.1. The number of fused-ring (bicyclic) bond motifs is 24. The first-order valence-corrected chi connectivity index (χ1v) is 44.7. The molecule has 9 heteroatoms. The van der Waals surface area contributed by atoms with E-state index >= 15 is 0 Å². The van der Waals surface area contributed by atoms with Gasteiger partial charge in [0, 0.05) is 87.2 Å². The number of carboxylic acid groups (broad SMARTS) is 1. The van der Waals surface area contributed by atoms with Crippen LogP contribution in [-0.2, 0) is 64.1 Å². The van der Waals surface area contributed by atoms with Gasteiger partial charge in [-0.15, -0.1) is 5.60 Å². The SMILES string of the molecule is CC(=O)O.CC(C)(C)[O-].CC(C)(C)c1ccc(Cc2ccc3c(c2)oc2ccccc23)c(-c2ccccc2)c1.CC(C)(C)c1ccc(N(c2ccc3c(c2)C2(c4ccccc4-c4ccccc42)c2ccccc2C3(C)C)c2ccc3c(c2)oc2ccccc23)c(-c2ccccc2)c1.CC1(C)c2ccccc2C2(c3ccccc3-c3ccccc32)c2cc(Br)ccc21.[Na+].[Pd]. The van der Waals surface area contributed by atoms with Crippen LogP contribution in [0.1, 0.15) is 186 Å². The molecule has 0 saturated heterocycles. The Morgan fingerprint density at radius 1 is 0.344 bits per heavy atom. The van der Waals surface area contributed by atoms with Gasteiger partial charge in [-0.05, 0) is 212 Å². The maximum Gasteiger partial charge on any atom is 1.00 e. The van der Waals surface area contributed by atoms with E-state index in [1.54, 1.807) is 20.8 Å². The quantitative estimate of drug-likeness (QED) is 0.160. The minimum Gasteiger partial charge on any atom is -0.850 e. The van der Waals surface area contributed by atoms with E-state index in [-0.39, 0.29) is 77.1 Å². The summed E-state index contributed by atoms with van der Waals surface area (Å²) in [4.78, 5) is 11.5. The number of carboxylic acids is 1. The molecule has 0 fully saturated rings.